The van der Waals surface area contributed by atoms with Crippen molar-refractivity contribution in [3.05, 3.63) is 51.5 Å². The van der Waals surface area contributed by atoms with Crippen molar-refractivity contribution in [1.82, 2.24) is 4.90 Å². The van der Waals surface area contributed by atoms with E-state index in [1.165, 1.54) is 27.2 Å². The molecule has 0 aliphatic carbocycles. The zero-order chi connectivity index (χ0) is 21.3. The fraction of sp³-hybridized carbons (Fsp3) is 0.250. The van der Waals surface area contributed by atoms with Crippen molar-refractivity contribution in [3.8, 4) is 11.3 Å². The van der Waals surface area contributed by atoms with Gasteiger partial charge in [-0.25, -0.2) is 4.79 Å². The van der Waals surface area contributed by atoms with Gasteiger partial charge in [-0.3, -0.25) is 14.5 Å². The van der Waals surface area contributed by atoms with Crippen molar-refractivity contribution in [1.29, 1.82) is 0 Å². The monoisotopic (exact) mass is 415 g/mol. The van der Waals surface area contributed by atoms with Gasteiger partial charge in [0.25, 0.3) is 16.8 Å². The summed E-state index contributed by atoms with van der Waals surface area (Å²) in [4.78, 5) is 49.1. The van der Waals surface area contributed by atoms with Crippen molar-refractivity contribution in [2.45, 2.75) is 19.9 Å². The van der Waals surface area contributed by atoms with E-state index in [0.29, 0.717) is 22.8 Å². The maximum atomic E-state index is 12.5. The molecule has 0 N–H and O–H groups in total. The number of aryl methyl sites for hydroxylation is 1. The lowest BCUT2D eigenvalue weighted by Crippen LogP contribution is -2.42. The lowest BCUT2D eigenvalue weighted by Gasteiger charge is -2.18. The second-order valence-corrected chi connectivity index (χ2v) is 7.44. The van der Waals surface area contributed by atoms with E-state index in [1.807, 2.05) is 19.1 Å². The van der Waals surface area contributed by atoms with Gasteiger partial charge in [0.05, 0.1) is 12.0 Å². The van der Waals surface area contributed by atoms with E-state index >= 15 is 0 Å². The maximum Gasteiger partial charge on any atom is 0.328 e. The molecule has 1 aromatic heterocycles. The first-order valence-electron chi connectivity index (χ1n) is 8.69. The molecular weight excluding hydrogens is 396 g/mol. The van der Waals surface area contributed by atoms with Gasteiger partial charge >= 0.3 is 5.97 Å². The number of methoxy groups -OCH3 is 1. The van der Waals surface area contributed by atoms with E-state index in [4.69, 9.17) is 4.42 Å². The van der Waals surface area contributed by atoms with E-state index in [9.17, 15) is 19.3 Å². The average Bonchev–Trinajstić information content (AvgIpc) is 3.25. The Morgan fingerprint density at radius 1 is 1.28 bits per heavy atom. The van der Waals surface area contributed by atoms with Gasteiger partial charge in [-0.2, -0.15) is 0 Å². The molecule has 1 aromatic carbocycles. The minimum absolute atomic E-state index is 0.149. The summed E-state index contributed by atoms with van der Waals surface area (Å²) in [6.07, 6.45) is 1.45. The molecule has 0 radical (unpaired) electrons. The lowest BCUT2D eigenvalue weighted by atomic mass is 10.1. The number of hydrogen-bond acceptors (Lipinski definition) is 7. The number of benzene rings is 1. The number of thioether (sulfide) groups is 1. The van der Waals surface area contributed by atoms with Crippen molar-refractivity contribution < 1.29 is 28.3 Å². The third kappa shape index (κ3) is 4.00. The summed E-state index contributed by atoms with van der Waals surface area (Å²) in [7, 11) is 2.62. The first-order valence-corrected chi connectivity index (χ1v) is 9.51. The van der Waals surface area contributed by atoms with Gasteiger partial charge in [-0.15, -0.1) is 0 Å². The van der Waals surface area contributed by atoms with Gasteiger partial charge in [0.15, 0.2) is 7.05 Å². The Balaban J connectivity index is 1.87. The lowest BCUT2D eigenvalue weighted by molar-refractivity contribution is -0.428. The summed E-state index contributed by atoms with van der Waals surface area (Å²) in [6.45, 7) is 3.27. The summed E-state index contributed by atoms with van der Waals surface area (Å²) < 4.78 is 11.2. The highest BCUT2D eigenvalue weighted by Crippen LogP contribution is 2.35. The minimum atomic E-state index is -1.01. The van der Waals surface area contributed by atoms with Gasteiger partial charge in [0.1, 0.15) is 17.6 Å². The predicted molar refractivity (Wildman–Crippen MR) is 107 cm³/mol. The zero-order valence-electron chi connectivity index (χ0n) is 16.3. The van der Waals surface area contributed by atoms with Crippen LogP contribution in [0.2, 0.25) is 0 Å². The number of esters is 1. The van der Waals surface area contributed by atoms with Gasteiger partial charge in [0.2, 0.25) is 0 Å². The standard InChI is InChI=1S/C20H19N2O6S/c1-11-5-6-13(9-15(11)21(3)26)16-8-7-14(28-16)10-17-18(23)22(20(25)29-17)12(2)19(24)27-4/h5-10,12H,1-4H3/q+1/b17-10+. The molecule has 3 rings (SSSR count). The number of nitrogens with zero attached hydrogens (tertiary/aromatic N) is 2. The van der Waals surface area contributed by atoms with Gasteiger partial charge < -0.3 is 9.15 Å². The SMILES string of the molecule is COC(=O)C(C)N1C(=O)S/C(=C/c2ccc(-c3ccc(C)c([N+](C)=O)c3)o2)C1=O. The predicted octanol–water partition coefficient (Wildman–Crippen LogP) is 3.89. The minimum Gasteiger partial charge on any atom is -0.467 e. The highest BCUT2D eigenvalue weighted by atomic mass is 32.2. The molecule has 2 heterocycles. The molecule has 29 heavy (non-hydrogen) atoms. The van der Waals surface area contributed by atoms with Gasteiger partial charge in [-0.05, 0) is 37.7 Å². The Morgan fingerprint density at radius 2 is 2.00 bits per heavy atom. The molecule has 1 aliphatic rings. The number of hydrogen-bond donors (Lipinski definition) is 0. The van der Waals surface area contributed by atoms with Crippen LogP contribution in [0.4, 0.5) is 10.5 Å². The first kappa shape index (κ1) is 20.5. The van der Waals surface area contributed by atoms with Crippen molar-refractivity contribution in [2.75, 3.05) is 14.2 Å². The summed E-state index contributed by atoms with van der Waals surface area (Å²) in [5.41, 5.74) is 2.07. The number of amides is 2. The highest BCUT2D eigenvalue weighted by Gasteiger charge is 2.41. The second kappa shape index (κ2) is 8.04. The number of nitroso groups, excluding NO2 is 1. The van der Waals surface area contributed by atoms with Crippen molar-refractivity contribution >= 4 is 40.6 Å². The molecule has 2 amide bonds. The number of furan rings is 1. The molecule has 1 atom stereocenters. The van der Waals surface area contributed by atoms with Crippen LogP contribution in [0.5, 0.6) is 0 Å². The van der Waals surface area contributed by atoms with Crippen LogP contribution in [-0.2, 0) is 14.3 Å². The van der Waals surface area contributed by atoms with E-state index < -0.39 is 23.2 Å². The van der Waals surface area contributed by atoms with E-state index in [1.54, 1.807) is 18.2 Å². The molecule has 1 saturated heterocycles. The fourth-order valence-corrected chi connectivity index (χ4v) is 3.79. The Hall–Kier alpha value is -3.20. The topological polar surface area (TPSA) is 96.9 Å². The fourth-order valence-electron chi connectivity index (χ4n) is 2.91. The largest absolute Gasteiger partial charge is 0.467 e. The van der Waals surface area contributed by atoms with E-state index in [2.05, 4.69) is 4.74 Å². The third-order valence-electron chi connectivity index (χ3n) is 4.49. The van der Waals surface area contributed by atoms with E-state index in [0.717, 1.165) is 27.0 Å². The van der Waals surface area contributed by atoms with Crippen LogP contribution in [0.15, 0.2) is 39.7 Å². The Kier molecular flexibility index (Phi) is 5.69. The molecule has 0 spiro atoms. The summed E-state index contributed by atoms with van der Waals surface area (Å²) >= 11 is 0.729. The number of rotatable bonds is 5. The molecule has 9 heteroatoms. The van der Waals surface area contributed by atoms with Crippen molar-refractivity contribution in [3.63, 3.8) is 0 Å². The molecule has 2 aromatic rings. The molecule has 8 nitrogen and oxygen atoms in total. The zero-order valence-corrected chi connectivity index (χ0v) is 17.1. The maximum absolute atomic E-state index is 12.5. The van der Waals surface area contributed by atoms with Crippen LogP contribution >= 0.6 is 11.8 Å². The van der Waals surface area contributed by atoms with Crippen LogP contribution < -0.4 is 0 Å². The summed E-state index contributed by atoms with van der Waals surface area (Å²) in [6, 6.07) is 7.73. The molecule has 1 unspecified atom stereocenters. The molecule has 1 aliphatic heterocycles. The smallest absolute Gasteiger partial charge is 0.328 e. The molecule has 150 valence electrons. The summed E-state index contributed by atoms with van der Waals surface area (Å²) in [5.74, 6) is -0.371. The number of imide groups is 1. The van der Waals surface area contributed by atoms with Crippen LogP contribution in [0, 0.1) is 11.8 Å². The summed E-state index contributed by atoms with van der Waals surface area (Å²) in [5, 5.41) is -0.549. The first-order chi connectivity index (χ1) is 13.7. The molecule has 0 bridgehead atoms. The molecule has 0 saturated carbocycles. The van der Waals surface area contributed by atoms with Crippen LogP contribution in [0.3, 0.4) is 0 Å². The van der Waals surface area contributed by atoms with Crippen molar-refractivity contribution in [2.24, 2.45) is 0 Å². The second-order valence-electron chi connectivity index (χ2n) is 6.45. The molecule has 1 fully saturated rings. The number of carbonyl (C=O) groups is 3. The number of ether oxygens (including phenoxy) is 1. The Morgan fingerprint density at radius 3 is 2.66 bits per heavy atom. The Labute approximate surface area is 171 Å². The quantitative estimate of drug-likeness (QED) is 0.415. The number of carbonyl (C=O) groups excluding carboxylic acids is 3. The van der Waals surface area contributed by atoms with Gasteiger partial charge in [0, 0.05) is 32.9 Å². The Bertz CT molecular complexity index is 1050. The van der Waals surface area contributed by atoms with Crippen LogP contribution in [-0.4, -0.2) is 47.0 Å². The molecular formula is C20H19N2O6S+. The van der Waals surface area contributed by atoms with E-state index in [-0.39, 0.29) is 4.91 Å². The normalized spacial score (nSPS) is 16.4. The third-order valence-corrected chi connectivity index (χ3v) is 5.37. The van der Waals surface area contributed by atoms with Crippen LogP contribution in [0.25, 0.3) is 17.4 Å². The highest BCUT2D eigenvalue weighted by molar-refractivity contribution is 8.18. The van der Waals surface area contributed by atoms with Crippen LogP contribution in [0.1, 0.15) is 18.2 Å². The van der Waals surface area contributed by atoms with Gasteiger partial charge in [-0.1, -0.05) is 12.1 Å². The average molecular weight is 415 g/mol.